The molecule has 0 bridgehead atoms. The number of carbonyl (C=O) groups is 1. The molecule has 0 unspecified atom stereocenters. The Hall–Kier alpha value is -1.12. The molecule has 13 heavy (non-hydrogen) atoms. The normalized spacial score (nSPS) is 24.2. The number of aromatic nitrogens is 1. The van der Waals surface area contributed by atoms with Crippen molar-refractivity contribution < 1.29 is 9.32 Å². The fourth-order valence-corrected chi connectivity index (χ4v) is 2.43. The van der Waals surface area contributed by atoms with Crippen LogP contribution in [-0.2, 0) is 6.42 Å². The fraction of sp³-hybridized carbons (Fsp3) is 0.600. The Morgan fingerprint density at radius 1 is 1.38 bits per heavy atom. The Kier molecular flexibility index (Phi) is 1.25. The molecule has 2 aliphatic carbocycles. The lowest BCUT2D eigenvalue weighted by Crippen LogP contribution is -2.41. The molecule has 1 heterocycles. The van der Waals surface area contributed by atoms with E-state index >= 15 is 0 Å². The van der Waals surface area contributed by atoms with Crippen molar-refractivity contribution in [1.82, 2.24) is 5.16 Å². The standard InChI is InChI=1S/C10H11NO2/c12-9-8-7(6-11-13-8)2-5-10(9)3-1-4-10/h6H,1-5H2. The third kappa shape index (κ3) is 0.794. The summed E-state index contributed by atoms with van der Waals surface area (Å²) < 4.78 is 5.00. The minimum atomic E-state index is -0.0491. The van der Waals surface area contributed by atoms with E-state index in [4.69, 9.17) is 4.52 Å². The van der Waals surface area contributed by atoms with Crippen molar-refractivity contribution in [2.24, 2.45) is 5.41 Å². The van der Waals surface area contributed by atoms with Crippen LogP contribution in [-0.4, -0.2) is 10.9 Å². The quantitative estimate of drug-likeness (QED) is 0.608. The van der Waals surface area contributed by atoms with E-state index in [9.17, 15) is 4.79 Å². The second kappa shape index (κ2) is 2.22. The van der Waals surface area contributed by atoms with Crippen LogP contribution in [0.15, 0.2) is 10.7 Å². The van der Waals surface area contributed by atoms with Crippen LogP contribution in [0.1, 0.15) is 41.8 Å². The number of hydrogen-bond acceptors (Lipinski definition) is 3. The molecule has 1 aromatic rings. The van der Waals surface area contributed by atoms with Crippen LogP contribution in [0.5, 0.6) is 0 Å². The number of hydrogen-bond donors (Lipinski definition) is 0. The van der Waals surface area contributed by atoms with Crippen LogP contribution in [0.3, 0.4) is 0 Å². The van der Waals surface area contributed by atoms with Gasteiger partial charge in [-0.3, -0.25) is 4.79 Å². The molecule has 3 heteroatoms. The summed E-state index contributed by atoms with van der Waals surface area (Å²) in [5.74, 6) is 0.739. The predicted octanol–water partition coefficient (Wildman–Crippen LogP) is 1.97. The SMILES string of the molecule is O=C1c2oncc2CCC12CCC2. The van der Waals surface area contributed by atoms with Crippen LogP contribution < -0.4 is 0 Å². The first-order valence-corrected chi connectivity index (χ1v) is 4.80. The fourth-order valence-electron chi connectivity index (χ4n) is 2.43. The van der Waals surface area contributed by atoms with Gasteiger partial charge in [-0.2, -0.15) is 0 Å². The Morgan fingerprint density at radius 2 is 2.23 bits per heavy atom. The van der Waals surface area contributed by atoms with Gasteiger partial charge in [0.15, 0.2) is 0 Å². The average molecular weight is 177 g/mol. The zero-order valence-electron chi connectivity index (χ0n) is 7.38. The Labute approximate surface area is 76.1 Å². The Bertz CT molecular complexity index is 363. The maximum absolute atomic E-state index is 11.9. The monoisotopic (exact) mass is 177 g/mol. The molecule has 0 aliphatic heterocycles. The average Bonchev–Trinajstić information content (AvgIpc) is 2.50. The minimum absolute atomic E-state index is 0.0491. The van der Waals surface area contributed by atoms with Gasteiger partial charge in [-0.05, 0) is 25.7 Å². The van der Waals surface area contributed by atoms with E-state index in [1.165, 1.54) is 6.42 Å². The van der Waals surface area contributed by atoms with E-state index in [0.29, 0.717) is 5.76 Å². The van der Waals surface area contributed by atoms with E-state index < -0.39 is 0 Å². The topological polar surface area (TPSA) is 43.1 Å². The highest BCUT2D eigenvalue weighted by Gasteiger charge is 2.48. The molecule has 0 saturated heterocycles. The molecule has 0 atom stereocenters. The van der Waals surface area contributed by atoms with Crippen molar-refractivity contribution >= 4 is 5.78 Å². The first-order chi connectivity index (χ1) is 6.32. The van der Waals surface area contributed by atoms with Crippen molar-refractivity contribution in [2.45, 2.75) is 32.1 Å². The summed E-state index contributed by atoms with van der Waals surface area (Å²) in [4.78, 5) is 11.9. The maximum Gasteiger partial charge on any atom is 0.207 e. The zero-order valence-corrected chi connectivity index (χ0v) is 7.38. The largest absolute Gasteiger partial charge is 0.353 e. The predicted molar refractivity (Wildman–Crippen MR) is 45.4 cm³/mol. The van der Waals surface area contributed by atoms with E-state index in [1.54, 1.807) is 6.20 Å². The zero-order chi connectivity index (χ0) is 8.89. The van der Waals surface area contributed by atoms with Gasteiger partial charge in [-0.1, -0.05) is 11.6 Å². The molecule has 0 radical (unpaired) electrons. The minimum Gasteiger partial charge on any atom is -0.353 e. The van der Waals surface area contributed by atoms with E-state index in [0.717, 1.165) is 31.2 Å². The molecule has 0 aromatic carbocycles. The molecular weight excluding hydrogens is 166 g/mol. The molecule has 3 nitrogen and oxygen atoms in total. The molecule has 2 aliphatic rings. The third-order valence-electron chi connectivity index (χ3n) is 3.52. The van der Waals surface area contributed by atoms with Gasteiger partial charge in [0, 0.05) is 11.0 Å². The van der Waals surface area contributed by atoms with Crippen LogP contribution >= 0.6 is 0 Å². The lowest BCUT2D eigenvalue weighted by Gasteiger charge is -2.41. The number of nitrogens with zero attached hydrogens (tertiary/aromatic N) is 1. The number of aryl methyl sites for hydroxylation is 1. The van der Waals surface area contributed by atoms with Crippen molar-refractivity contribution in [3.05, 3.63) is 17.5 Å². The van der Waals surface area contributed by atoms with Gasteiger partial charge < -0.3 is 4.52 Å². The van der Waals surface area contributed by atoms with Crippen molar-refractivity contribution in [2.75, 3.05) is 0 Å². The number of rotatable bonds is 0. The van der Waals surface area contributed by atoms with E-state index in [-0.39, 0.29) is 11.2 Å². The summed E-state index contributed by atoms with van der Waals surface area (Å²) in [6.45, 7) is 0. The Morgan fingerprint density at radius 3 is 2.92 bits per heavy atom. The van der Waals surface area contributed by atoms with Crippen LogP contribution in [0.4, 0.5) is 0 Å². The van der Waals surface area contributed by atoms with E-state index in [1.807, 2.05) is 0 Å². The molecular formula is C10H11NO2. The van der Waals surface area contributed by atoms with Crippen LogP contribution in [0.25, 0.3) is 0 Å². The number of Topliss-reactive ketones (excluding diaryl/α,β-unsaturated/α-hetero) is 1. The number of fused-ring (bicyclic) bond motifs is 1. The second-order valence-electron chi connectivity index (χ2n) is 4.14. The third-order valence-corrected chi connectivity index (χ3v) is 3.52. The van der Waals surface area contributed by atoms with Crippen molar-refractivity contribution in [3.63, 3.8) is 0 Å². The molecule has 1 saturated carbocycles. The van der Waals surface area contributed by atoms with Gasteiger partial charge in [-0.15, -0.1) is 0 Å². The summed E-state index contributed by atoms with van der Waals surface area (Å²) in [6, 6.07) is 0. The second-order valence-corrected chi connectivity index (χ2v) is 4.14. The highest BCUT2D eigenvalue weighted by Crippen LogP contribution is 2.49. The highest BCUT2D eigenvalue weighted by molar-refractivity contribution is 6.00. The summed E-state index contributed by atoms with van der Waals surface area (Å²) in [6.07, 6.45) is 6.93. The van der Waals surface area contributed by atoms with E-state index in [2.05, 4.69) is 5.16 Å². The summed E-state index contributed by atoms with van der Waals surface area (Å²) >= 11 is 0. The van der Waals surface area contributed by atoms with Gasteiger partial charge in [0.25, 0.3) is 0 Å². The summed E-state index contributed by atoms with van der Waals surface area (Å²) in [7, 11) is 0. The first-order valence-electron chi connectivity index (χ1n) is 4.80. The lowest BCUT2D eigenvalue weighted by molar-refractivity contribution is 0.0510. The van der Waals surface area contributed by atoms with Gasteiger partial charge in [0.2, 0.25) is 11.5 Å². The lowest BCUT2D eigenvalue weighted by atomic mass is 9.60. The van der Waals surface area contributed by atoms with Crippen LogP contribution in [0.2, 0.25) is 0 Å². The highest BCUT2D eigenvalue weighted by atomic mass is 16.5. The van der Waals surface area contributed by atoms with Crippen molar-refractivity contribution in [3.8, 4) is 0 Å². The maximum atomic E-state index is 11.9. The number of ketones is 1. The molecule has 0 amide bonds. The van der Waals surface area contributed by atoms with Crippen molar-refractivity contribution in [1.29, 1.82) is 0 Å². The van der Waals surface area contributed by atoms with Gasteiger partial charge in [0.1, 0.15) is 0 Å². The molecule has 1 spiro atoms. The molecule has 3 rings (SSSR count). The summed E-state index contributed by atoms with van der Waals surface area (Å²) in [5, 5.41) is 3.68. The molecule has 1 aromatic heterocycles. The van der Waals surface area contributed by atoms with Crippen LogP contribution in [0, 0.1) is 5.41 Å². The van der Waals surface area contributed by atoms with Gasteiger partial charge >= 0.3 is 0 Å². The number of carbonyl (C=O) groups excluding carboxylic acids is 1. The first kappa shape index (κ1) is 7.30. The molecule has 0 N–H and O–H groups in total. The molecule has 1 fully saturated rings. The van der Waals surface area contributed by atoms with Gasteiger partial charge in [-0.25, -0.2) is 0 Å². The van der Waals surface area contributed by atoms with Gasteiger partial charge in [0.05, 0.1) is 6.20 Å². The Balaban J connectivity index is 2.06. The summed E-state index contributed by atoms with van der Waals surface area (Å²) in [5.41, 5.74) is 0.953. The molecule has 68 valence electrons. The smallest absolute Gasteiger partial charge is 0.207 e.